The molecule has 2 N–H and O–H groups in total. The van der Waals surface area contributed by atoms with Crippen LogP contribution in [-0.4, -0.2) is 38.7 Å². The summed E-state index contributed by atoms with van der Waals surface area (Å²) in [4.78, 5) is 23.5. The van der Waals surface area contributed by atoms with Crippen molar-refractivity contribution in [2.75, 3.05) is 25.5 Å². The molecule has 1 atom stereocenters. The van der Waals surface area contributed by atoms with Gasteiger partial charge in [0.25, 0.3) is 0 Å². The van der Waals surface area contributed by atoms with E-state index in [0.29, 0.717) is 13.0 Å². The monoisotopic (exact) mass is 314 g/mol. The molecule has 0 aromatic heterocycles. The molecular formula is C14H16F2N2O4. The largest absolute Gasteiger partial charge is 0.465 e. The molecule has 0 saturated carbocycles. The van der Waals surface area contributed by atoms with Gasteiger partial charge in [0.2, 0.25) is 5.91 Å². The van der Waals surface area contributed by atoms with Crippen molar-refractivity contribution in [3.05, 3.63) is 23.8 Å². The maximum absolute atomic E-state index is 12.5. The van der Waals surface area contributed by atoms with Gasteiger partial charge in [-0.05, 0) is 31.2 Å². The van der Waals surface area contributed by atoms with E-state index >= 15 is 0 Å². The predicted molar refractivity (Wildman–Crippen MR) is 74.0 cm³/mol. The van der Waals surface area contributed by atoms with Crippen molar-refractivity contribution in [1.29, 1.82) is 0 Å². The van der Waals surface area contributed by atoms with E-state index < -0.39 is 12.6 Å². The van der Waals surface area contributed by atoms with Crippen molar-refractivity contribution in [2.24, 2.45) is 5.92 Å². The van der Waals surface area contributed by atoms with E-state index in [0.717, 1.165) is 12.6 Å². The number of hydrogen-bond acceptors (Lipinski definition) is 5. The minimum Gasteiger partial charge on any atom is -0.465 e. The fraction of sp³-hybridized carbons (Fsp3) is 0.429. The number of carbonyl (C=O) groups is 2. The molecule has 8 heteroatoms. The number of methoxy groups -OCH3 is 1. The number of amides is 1. The quantitative estimate of drug-likeness (QED) is 0.808. The Kier molecular flexibility index (Phi) is 5.26. The van der Waals surface area contributed by atoms with Gasteiger partial charge in [-0.3, -0.25) is 4.79 Å². The van der Waals surface area contributed by atoms with Gasteiger partial charge in [-0.1, -0.05) is 0 Å². The normalized spacial score (nSPS) is 17.4. The zero-order valence-corrected chi connectivity index (χ0v) is 11.9. The molecule has 22 heavy (non-hydrogen) atoms. The van der Waals surface area contributed by atoms with Crippen molar-refractivity contribution in [1.82, 2.24) is 5.32 Å². The Bertz CT molecular complexity index is 560. The molecule has 1 unspecified atom stereocenters. The summed E-state index contributed by atoms with van der Waals surface area (Å²) in [5, 5.41) is 5.60. The van der Waals surface area contributed by atoms with Crippen LogP contribution in [0.2, 0.25) is 0 Å². The van der Waals surface area contributed by atoms with E-state index in [-0.39, 0.29) is 28.8 Å². The number of nitrogens with one attached hydrogen (secondary N) is 2. The van der Waals surface area contributed by atoms with Crippen LogP contribution in [0.1, 0.15) is 16.8 Å². The summed E-state index contributed by atoms with van der Waals surface area (Å²) in [7, 11) is 1.18. The van der Waals surface area contributed by atoms with Crippen LogP contribution in [0.25, 0.3) is 0 Å². The van der Waals surface area contributed by atoms with Crippen molar-refractivity contribution < 1.29 is 27.8 Å². The Morgan fingerprint density at radius 3 is 2.77 bits per heavy atom. The van der Waals surface area contributed by atoms with Crippen molar-refractivity contribution >= 4 is 17.6 Å². The molecule has 6 nitrogen and oxygen atoms in total. The number of alkyl halides is 2. The molecule has 0 bridgehead atoms. The highest BCUT2D eigenvalue weighted by Crippen LogP contribution is 2.28. The number of hydrogen-bond donors (Lipinski definition) is 2. The molecule has 0 aliphatic carbocycles. The molecule has 1 aliphatic rings. The molecule has 1 aromatic carbocycles. The molecule has 1 aliphatic heterocycles. The second-order valence-electron chi connectivity index (χ2n) is 4.76. The number of anilines is 1. The van der Waals surface area contributed by atoms with Gasteiger partial charge in [0.05, 0.1) is 24.3 Å². The molecule has 1 fully saturated rings. The SMILES string of the molecule is COC(=O)c1ccc(NC(=O)C2CCNC2)c(OC(F)F)c1. The van der Waals surface area contributed by atoms with Gasteiger partial charge in [-0.2, -0.15) is 8.78 Å². The van der Waals surface area contributed by atoms with E-state index in [1.54, 1.807) is 0 Å². The third kappa shape index (κ3) is 3.91. The summed E-state index contributed by atoms with van der Waals surface area (Å²) in [6.45, 7) is -1.80. The van der Waals surface area contributed by atoms with Crippen molar-refractivity contribution in [3.63, 3.8) is 0 Å². The van der Waals surface area contributed by atoms with Gasteiger partial charge in [0.1, 0.15) is 5.75 Å². The highest BCUT2D eigenvalue weighted by Gasteiger charge is 2.24. The van der Waals surface area contributed by atoms with Gasteiger partial charge in [0.15, 0.2) is 0 Å². The third-order valence-electron chi connectivity index (χ3n) is 3.31. The Hall–Kier alpha value is -2.22. The molecule has 0 radical (unpaired) electrons. The molecule has 2 rings (SSSR count). The standard InChI is InChI=1S/C14H16F2N2O4/c1-21-13(20)8-2-3-10(11(6-8)22-14(15)16)18-12(19)9-4-5-17-7-9/h2-3,6,9,14,17H,4-5,7H2,1H3,(H,18,19). The summed E-state index contributed by atoms with van der Waals surface area (Å²) < 4.78 is 33.9. The van der Waals surface area contributed by atoms with Crippen molar-refractivity contribution in [2.45, 2.75) is 13.0 Å². The zero-order valence-electron chi connectivity index (χ0n) is 11.9. The van der Waals surface area contributed by atoms with E-state index in [1.807, 2.05) is 0 Å². The number of esters is 1. The van der Waals surface area contributed by atoms with Crippen LogP contribution in [0, 0.1) is 5.92 Å². The number of halogens is 2. The first-order valence-electron chi connectivity index (χ1n) is 6.70. The Morgan fingerprint density at radius 1 is 1.41 bits per heavy atom. The van der Waals surface area contributed by atoms with E-state index in [9.17, 15) is 18.4 Å². The lowest BCUT2D eigenvalue weighted by Crippen LogP contribution is -2.25. The van der Waals surface area contributed by atoms with Gasteiger partial charge in [-0.25, -0.2) is 4.79 Å². The minimum atomic E-state index is -3.07. The van der Waals surface area contributed by atoms with Crippen LogP contribution in [0.5, 0.6) is 5.75 Å². The number of carbonyl (C=O) groups excluding carboxylic acids is 2. The average molecular weight is 314 g/mol. The molecule has 1 saturated heterocycles. The fourth-order valence-corrected chi connectivity index (χ4v) is 2.18. The summed E-state index contributed by atoms with van der Waals surface area (Å²) in [6, 6.07) is 3.82. The van der Waals surface area contributed by atoms with E-state index in [1.165, 1.54) is 19.2 Å². The Labute approximate surface area is 125 Å². The van der Waals surface area contributed by atoms with E-state index in [4.69, 9.17) is 0 Å². The minimum absolute atomic E-state index is 0.0543. The predicted octanol–water partition coefficient (Wildman–Crippen LogP) is 1.62. The summed E-state index contributed by atoms with van der Waals surface area (Å²) >= 11 is 0. The molecule has 1 amide bonds. The smallest absolute Gasteiger partial charge is 0.387 e. The first kappa shape index (κ1) is 16.2. The highest BCUT2D eigenvalue weighted by molar-refractivity contribution is 5.96. The lowest BCUT2D eigenvalue weighted by molar-refractivity contribution is -0.119. The van der Waals surface area contributed by atoms with Crippen molar-refractivity contribution in [3.8, 4) is 5.75 Å². The van der Waals surface area contributed by atoms with E-state index in [2.05, 4.69) is 20.1 Å². The van der Waals surface area contributed by atoms with Gasteiger partial charge < -0.3 is 20.1 Å². The third-order valence-corrected chi connectivity index (χ3v) is 3.31. The second-order valence-corrected chi connectivity index (χ2v) is 4.76. The number of benzene rings is 1. The van der Waals surface area contributed by atoms with Crippen LogP contribution in [0.4, 0.5) is 14.5 Å². The van der Waals surface area contributed by atoms with Crippen LogP contribution < -0.4 is 15.4 Å². The Morgan fingerprint density at radius 2 is 2.18 bits per heavy atom. The lowest BCUT2D eigenvalue weighted by atomic mass is 10.1. The lowest BCUT2D eigenvalue weighted by Gasteiger charge is -2.15. The second kappa shape index (κ2) is 7.17. The van der Waals surface area contributed by atoms with Gasteiger partial charge in [-0.15, -0.1) is 0 Å². The highest BCUT2D eigenvalue weighted by atomic mass is 19.3. The molecule has 120 valence electrons. The zero-order chi connectivity index (χ0) is 16.1. The summed E-state index contributed by atoms with van der Waals surface area (Å²) in [6.07, 6.45) is 0.678. The maximum Gasteiger partial charge on any atom is 0.387 e. The molecule has 1 aromatic rings. The summed E-state index contributed by atoms with van der Waals surface area (Å²) in [5.74, 6) is -1.47. The number of ether oxygens (including phenoxy) is 2. The van der Waals surface area contributed by atoms with Gasteiger partial charge >= 0.3 is 12.6 Å². The van der Waals surface area contributed by atoms with Crippen LogP contribution in [-0.2, 0) is 9.53 Å². The summed E-state index contributed by atoms with van der Waals surface area (Å²) in [5.41, 5.74) is 0.142. The molecule has 0 spiro atoms. The Balaban J connectivity index is 2.20. The topological polar surface area (TPSA) is 76.7 Å². The van der Waals surface area contributed by atoms with Crippen LogP contribution >= 0.6 is 0 Å². The first-order chi connectivity index (χ1) is 10.5. The van der Waals surface area contributed by atoms with Crippen LogP contribution in [0.3, 0.4) is 0 Å². The average Bonchev–Trinajstić information content (AvgIpc) is 3.02. The fourth-order valence-electron chi connectivity index (χ4n) is 2.18. The molecular weight excluding hydrogens is 298 g/mol. The first-order valence-corrected chi connectivity index (χ1v) is 6.70. The maximum atomic E-state index is 12.5. The number of rotatable bonds is 5. The van der Waals surface area contributed by atoms with Gasteiger partial charge in [0, 0.05) is 6.54 Å². The van der Waals surface area contributed by atoms with Crippen LogP contribution in [0.15, 0.2) is 18.2 Å². The molecule has 1 heterocycles.